The minimum absolute atomic E-state index is 0.754. The lowest BCUT2D eigenvalue weighted by atomic mass is 9.99. The molecule has 0 atom stereocenters. The van der Waals surface area contributed by atoms with Crippen molar-refractivity contribution < 1.29 is 0 Å². The molecule has 0 saturated heterocycles. The van der Waals surface area contributed by atoms with Gasteiger partial charge in [-0.05, 0) is 70.1 Å². The molecule has 3 heterocycles. The van der Waals surface area contributed by atoms with Crippen molar-refractivity contribution in [2.45, 2.75) is 0 Å². The summed E-state index contributed by atoms with van der Waals surface area (Å²) >= 11 is 3.60. The predicted molar refractivity (Wildman–Crippen MR) is 228 cm³/mol. The maximum atomic E-state index is 5.41. The van der Waals surface area contributed by atoms with E-state index in [9.17, 15) is 0 Å². The molecule has 8 aromatic carbocycles. The Balaban J connectivity index is 1.17. The summed E-state index contributed by atoms with van der Waals surface area (Å²) < 4.78 is 4.76. The number of hydrogen-bond donors (Lipinski definition) is 0. The van der Waals surface area contributed by atoms with Gasteiger partial charge in [0.05, 0.1) is 15.9 Å². The number of fused-ring (bicyclic) bond motifs is 9. The highest BCUT2D eigenvalue weighted by atomic mass is 32.1. The largest absolute Gasteiger partial charge is 0.310 e. The number of anilines is 3. The van der Waals surface area contributed by atoms with Gasteiger partial charge in [0, 0.05) is 58.4 Å². The molecule has 0 fully saturated rings. The van der Waals surface area contributed by atoms with E-state index in [0.717, 1.165) is 49.9 Å². The van der Waals surface area contributed by atoms with E-state index < -0.39 is 0 Å². The van der Waals surface area contributed by atoms with Crippen molar-refractivity contribution >= 4 is 102 Å². The van der Waals surface area contributed by atoms with Crippen molar-refractivity contribution in [3.8, 4) is 22.6 Å². The zero-order valence-electron chi connectivity index (χ0n) is 28.4. The summed E-state index contributed by atoms with van der Waals surface area (Å²) in [4.78, 5) is 13.2. The fourth-order valence-electron chi connectivity index (χ4n) is 7.76. The smallest absolute Gasteiger partial charge is 0.162 e. The van der Waals surface area contributed by atoms with E-state index in [0.29, 0.717) is 0 Å². The first-order valence-corrected chi connectivity index (χ1v) is 19.4. The number of nitrogens with zero attached hydrogens (tertiary/aromatic N) is 3. The maximum Gasteiger partial charge on any atom is 0.162 e. The average molecular weight is 712 g/mol. The Morgan fingerprint density at radius 3 is 1.92 bits per heavy atom. The van der Waals surface area contributed by atoms with Crippen LogP contribution in [0.25, 0.3) is 84.7 Å². The lowest BCUT2D eigenvalue weighted by Crippen LogP contribution is -2.09. The van der Waals surface area contributed by atoms with Crippen LogP contribution < -0.4 is 4.90 Å². The summed E-state index contributed by atoms with van der Waals surface area (Å²) in [6.07, 6.45) is 0. The van der Waals surface area contributed by atoms with Crippen LogP contribution in [0.15, 0.2) is 176 Å². The van der Waals surface area contributed by atoms with Gasteiger partial charge in [-0.1, -0.05) is 127 Å². The second-order valence-corrected chi connectivity index (χ2v) is 15.5. The monoisotopic (exact) mass is 711 g/mol. The van der Waals surface area contributed by atoms with Crippen LogP contribution in [-0.2, 0) is 0 Å². The highest BCUT2D eigenvalue weighted by molar-refractivity contribution is 7.27. The van der Waals surface area contributed by atoms with Crippen LogP contribution in [0.4, 0.5) is 17.1 Å². The summed E-state index contributed by atoms with van der Waals surface area (Å²) in [6.45, 7) is 0. The zero-order chi connectivity index (χ0) is 34.9. The molecular weight excluding hydrogens is 683 g/mol. The standard InChI is InChI=1S/C48H29N3S2/c1-3-14-31(15-4-1)44-47-45(39-21-11-12-22-41(39)52-47)50-48(49-44)40-28-33-17-9-10-20-37(33)43-38-26-25-36(29-42(38)53-46(40)43)51(34-18-5-2-6-19-34)35-24-23-30-13-7-8-16-32(30)27-35/h1-29H. The molecule has 248 valence electrons. The molecule has 11 rings (SSSR count). The van der Waals surface area contributed by atoms with Crippen molar-refractivity contribution in [2.75, 3.05) is 4.90 Å². The van der Waals surface area contributed by atoms with E-state index in [4.69, 9.17) is 9.97 Å². The van der Waals surface area contributed by atoms with Gasteiger partial charge in [0.2, 0.25) is 0 Å². The number of rotatable bonds is 5. The van der Waals surface area contributed by atoms with Gasteiger partial charge in [-0.2, -0.15) is 0 Å². The summed E-state index contributed by atoms with van der Waals surface area (Å²) in [5.74, 6) is 0.754. The van der Waals surface area contributed by atoms with Gasteiger partial charge in [-0.15, -0.1) is 22.7 Å². The van der Waals surface area contributed by atoms with Gasteiger partial charge in [-0.3, -0.25) is 0 Å². The predicted octanol–water partition coefficient (Wildman–Crippen LogP) is 14.3. The van der Waals surface area contributed by atoms with Crippen LogP contribution in [0, 0.1) is 0 Å². The Bertz CT molecular complexity index is 3180. The molecule has 0 amide bonds. The van der Waals surface area contributed by atoms with Crippen LogP contribution >= 0.6 is 22.7 Å². The zero-order valence-corrected chi connectivity index (χ0v) is 30.0. The molecule has 5 heteroatoms. The molecule has 11 aromatic rings. The molecule has 0 bridgehead atoms. The Morgan fingerprint density at radius 1 is 0.415 bits per heavy atom. The van der Waals surface area contributed by atoms with Crippen molar-refractivity contribution in [2.24, 2.45) is 0 Å². The van der Waals surface area contributed by atoms with Crippen LogP contribution in [-0.4, -0.2) is 9.97 Å². The fraction of sp³-hybridized carbons (Fsp3) is 0. The Kier molecular flexibility index (Phi) is 6.90. The van der Waals surface area contributed by atoms with Crippen molar-refractivity contribution in [1.29, 1.82) is 0 Å². The number of thiophene rings is 2. The Labute approximate surface area is 313 Å². The minimum Gasteiger partial charge on any atom is -0.310 e. The SMILES string of the molecule is c1ccc(-c2nc(-c3cc4ccccc4c4c3sc3cc(N(c5ccccc5)c5ccc6ccccc6c5)ccc34)nc3c2sc2ccccc23)cc1. The van der Waals surface area contributed by atoms with Crippen LogP contribution in [0.3, 0.4) is 0 Å². The average Bonchev–Trinajstić information content (AvgIpc) is 3.80. The van der Waals surface area contributed by atoms with E-state index in [-0.39, 0.29) is 0 Å². The summed E-state index contributed by atoms with van der Waals surface area (Å²) in [5.41, 5.74) is 7.50. The third-order valence-electron chi connectivity index (χ3n) is 10.2. The third kappa shape index (κ3) is 4.93. The molecule has 3 aromatic heterocycles. The molecule has 0 N–H and O–H groups in total. The van der Waals surface area contributed by atoms with E-state index >= 15 is 0 Å². The number of benzene rings is 8. The summed E-state index contributed by atoms with van der Waals surface area (Å²) in [6, 6.07) is 63.0. The lowest BCUT2D eigenvalue weighted by Gasteiger charge is -2.26. The molecule has 3 nitrogen and oxygen atoms in total. The maximum absolute atomic E-state index is 5.41. The highest BCUT2D eigenvalue weighted by Gasteiger charge is 2.22. The fourth-order valence-corrected chi connectivity index (χ4v) is 10.2. The first-order chi connectivity index (χ1) is 26.3. The van der Waals surface area contributed by atoms with E-state index in [1.807, 2.05) is 11.3 Å². The van der Waals surface area contributed by atoms with E-state index in [1.165, 1.54) is 51.8 Å². The normalized spacial score (nSPS) is 11.8. The highest BCUT2D eigenvalue weighted by Crippen LogP contribution is 2.47. The van der Waals surface area contributed by atoms with Crippen LogP contribution in [0.1, 0.15) is 0 Å². The molecule has 0 unspecified atom stereocenters. The van der Waals surface area contributed by atoms with Gasteiger partial charge in [0.1, 0.15) is 0 Å². The number of hydrogen-bond acceptors (Lipinski definition) is 5. The van der Waals surface area contributed by atoms with E-state index in [2.05, 4.69) is 181 Å². The Hall–Kier alpha value is -6.40. The van der Waals surface area contributed by atoms with Crippen molar-refractivity contribution in [3.05, 3.63) is 176 Å². The van der Waals surface area contributed by atoms with Gasteiger partial charge in [0.15, 0.2) is 5.82 Å². The van der Waals surface area contributed by atoms with Gasteiger partial charge >= 0.3 is 0 Å². The quantitative estimate of drug-likeness (QED) is 0.178. The number of para-hydroxylation sites is 1. The molecule has 0 aliphatic carbocycles. The van der Waals surface area contributed by atoms with E-state index in [1.54, 1.807) is 11.3 Å². The second kappa shape index (κ2) is 12.1. The van der Waals surface area contributed by atoms with Gasteiger partial charge in [0.25, 0.3) is 0 Å². The molecule has 0 aliphatic heterocycles. The molecule has 0 aliphatic rings. The topological polar surface area (TPSA) is 29.0 Å². The summed E-state index contributed by atoms with van der Waals surface area (Å²) in [7, 11) is 0. The molecule has 0 saturated carbocycles. The molecule has 0 spiro atoms. The van der Waals surface area contributed by atoms with Crippen molar-refractivity contribution in [3.63, 3.8) is 0 Å². The third-order valence-corrected chi connectivity index (χ3v) is 12.6. The molecular formula is C48H29N3S2. The van der Waals surface area contributed by atoms with Crippen LogP contribution in [0.2, 0.25) is 0 Å². The molecule has 53 heavy (non-hydrogen) atoms. The molecule has 0 radical (unpaired) electrons. The minimum atomic E-state index is 0.754. The number of aromatic nitrogens is 2. The Morgan fingerprint density at radius 2 is 1.08 bits per heavy atom. The van der Waals surface area contributed by atoms with Gasteiger partial charge in [-0.25, -0.2) is 9.97 Å². The van der Waals surface area contributed by atoms with Crippen molar-refractivity contribution in [1.82, 2.24) is 9.97 Å². The second-order valence-electron chi connectivity index (χ2n) is 13.4. The first-order valence-electron chi connectivity index (χ1n) is 17.7. The first kappa shape index (κ1) is 30.2. The lowest BCUT2D eigenvalue weighted by molar-refractivity contribution is 1.25. The summed E-state index contributed by atoms with van der Waals surface area (Å²) in [5, 5.41) is 8.53. The van der Waals surface area contributed by atoms with Crippen LogP contribution in [0.5, 0.6) is 0 Å². The van der Waals surface area contributed by atoms with Gasteiger partial charge < -0.3 is 4.90 Å².